The number of ketones is 1. The Bertz CT molecular complexity index is 1030. The van der Waals surface area contributed by atoms with E-state index in [1.807, 2.05) is 54.9 Å². The third-order valence-electron chi connectivity index (χ3n) is 4.99. The molecule has 5 heteroatoms. The zero-order valence-electron chi connectivity index (χ0n) is 17.7. The Morgan fingerprint density at radius 2 is 1.86 bits per heavy atom. The van der Waals surface area contributed by atoms with E-state index in [1.165, 1.54) is 22.5 Å². The van der Waals surface area contributed by atoms with E-state index in [0.29, 0.717) is 11.3 Å². The van der Waals surface area contributed by atoms with Gasteiger partial charge in [-0.1, -0.05) is 35.9 Å². The van der Waals surface area contributed by atoms with Gasteiger partial charge in [0.25, 0.3) is 0 Å². The Labute approximate surface area is 177 Å². The number of carbonyl (C=O) groups excluding carboxylic acids is 1. The summed E-state index contributed by atoms with van der Waals surface area (Å²) in [6.45, 7) is 9.21. The predicted octanol–water partition coefficient (Wildman–Crippen LogP) is 5.50. The van der Waals surface area contributed by atoms with Crippen LogP contribution in [-0.2, 0) is 6.42 Å². The molecule has 2 aromatic carbocycles. The fourth-order valence-corrected chi connectivity index (χ4v) is 3.74. The normalized spacial score (nSPS) is 11.2. The first-order valence-electron chi connectivity index (χ1n) is 9.77. The van der Waals surface area contributed by atoms with Crippen molar-refractivity contribution in [1.82, 2.24) is 9.88 Å². The molecule has 0 spiro atoms. The molecule has 0 atom stereocenters. The molecular weight excluding hydrogens is 378 g/mol. The number of nitrogens with zero attached hydrogens (tertiary/aromatic N) is 3. The van der Waals surface area contributed by atoms with Gasteiger partial charge in [0.05, 0.1) is 17.0 Å². The average Bonchev–Trinajstić information content (AvgIpc) is 3.17. The summed E-state index contributed by atoms with van der Waals surface area (Å²) in [6, 6.07) is 11.9. The molecule has 0 fully saturated rings. The minimum absolute atomic E-state index is 0.0230. The maximum atomic E-state index is 12.7. The van der Waals surface area contributed by atoms with Gasteiger partial charge in [0.15, 0.2) is 0 Å². The molecule has 0 unspecified atom stereocenters. The van der Waals surface area contributed by atoms with Crippen molar-refractivity contribution in [3.63, 3.8) is 0 Å². The first-order chi connectivity index (χ1) is 13.9. The molecule has 1 heterocycles. The Balaban J connectivity index is 1.77. The molecule has 0 saturated heterocycles. The van der Waals surface area contributed by atoms with Crippen LogP contribution in [0.15, 0.2) is 46.8 Å². The van der Waals surface area contributed by atoms with Gasteiger partial charge in [0.1, 0.15) is 5.69 Å². The molecular formula is C24H27N3OS. The average molecular weight is 406 g/mol. The first-order valence-corrected chi connectivity index (χ1v) is 10.7. The lowest BCUT2D eigenvalue weighted by atomic mass is 10.0. The molecule has 3 rings (SSSR count). The second-order valence-electron chi connectivity index (χ2n) is 7.38. The van der Waals surface area contributed by atoms with E-state index >= 15 is 0 Å². The number of aliphatic imine (C=N–C) groups is 1. The number of hydrogen-bond donors (Lipinski definition) is 0. The van der Waals surface area contributed by atoms with E-state index in [0.717, 1.165) is 34.8 Å². The van der Waals surface area contributed by atoms with Gasteiger partial charge in [-0.25, -0.2) is 9.98 Å². The van der Waals surface area contributed by atoms with Gasteiger partial charge in [-0.05, 0) is 50.5 Å². The third kappa shape index (κ3) is 5.18. The summed E-state index contributed by atoms with van der Waals surface area (Å²) in [5.74, 6) is -0.0230. The maximum absolute atomic E-state index is 12.7. The summed E-state index contributed by atoms with van der Waals surface area (Å²) >= 11 is 1.54. The largest absolute Gasteiger partial charge is 0.366 e. The van der Waals surface area contributed by atoms with E-state index in [1.54, 1.807) is 0 Å². The molecule has 0 aliphatic carbocycles. The fourth-order valence-electron chi connectivity index (χ4n) is 2.94. The molecule has 3 aromatic rings. The highest BCUT2D eigenvalue weighted by Crippen LogP contribution is 2.26. The van der Waals surface area contributed by atoms with Crippen LogP contribution in [0.2, 0.25) is 0 Å². The van der Waals surface area contributed by atoms with Gasteiger partial charge in [-0.3, -0.25) is 4.79 Å². The van der Waals surface area contributed by atoms with Crippen molar-refractivity contribution in [3.8, 4) is 0 Å². The number of rotatable bonds is 7. The highest BCUT2D eigenvalue weighted by atomic mass is 32.1. The minimum atomic E-state index is -0.0230. The number of aromatic nitrogens is 1. The Kier molecular flexibility index (Phi) is 6.60. The van der Waals surface area contributed by atoms with Crippen LogP contribution in [0.5, 0.6) is 0 Å². The monoisotopic (exact) mass is 405 g/mol. The van der Waals surface area contributed by atoms with E-state index in [9.17, 15) is 4.79 Å². The van der Waals surface area contributed by atoms with Crippen LogP contribution in [-0.4, -0.2) is 35.6 Å². The highest BCUT2D eigenvalue weighted by Gasteiger charge is 2.14. The summed E-state index contributed by atoms with van der Waals surface area (Å²) in [7, 11) is 2.01. The molecule has 0 amide bonds. The van der Waals surface area contributed by atoms with Gasteiger partial charge in [0, 0.05) is 31.0 Å². The molecule has 29 heavy (non-hydrogen) atoms. The number of carbonyl (C=O) groups is 1. The second kappa shape index (κ2) is 9.14. The van der Waals surface area contributed by atoms with Crippen LogP contribution in [0.1, 0.15) is 50.2 Å². The van der Waals surface area contributed by atoms with Crippen LogP contribution >= 0.6 is 11.3 Å². The standard InChI is InChI=1S/C24H27N3OS/c1-6-27(5)15-25-21-12-17(3)20(11-18(21)4)13-23-26-22(14-29-23)24(28)19-9-7-16(2)8-10-19/h7-12,14-15H,6,13H2,1-5H3/b25-15+. The van der Waals surface area contributed by atoms with Crippen LogP contribution < -0.4 is 0 Å². The Hall–Kier alpha value is -2.79. The summed E-state index contributed by atoms with van der Waals surface area (Å²) in [5.41, 5.74) is 6.86. The highest BCUT2D eigenvalue weighted by molar-refractivity contribution is 7.09. The number of hydrogen-bond acceptors (Lipinski definition) is 4. The number of benzene rings is 2. The lowest BCUT2D eigenvalue weighted by Gasteiger charge is -2.11. The summed E-state index contributed by atoms with van der Waals surface area (Å²) in [6.07, 6.45) is 2.59. The zero-order valence-corrected chi connectivity index (χ0v) is 18.5. The van der Waals surface area contributed by atoms with Crippen LogP contribution in [0.25, 0.3) is 0 Å². The molecule has 0 N–H and O–H groups in total. The fraction of sp³-hybridized carbons (Fsp3) is 0.292. The zero-order chi connectivity index (χ0) is 21.0. The number of thiazole rings is 1. The SMILES string of the molecule is CCN(C)/C=N/c1cc(C)c(Cc2nc(C(=O)c3ccc(C)cc3)cs2)cc1C. The molecule has 1 aromatic heterocycles. The van der Waals surface area contributed by atoms with Crippen molar-refractivity contribution in [3.05, 3.63) is 80.3 Å². The molecule has 150 valence electrons. The first kappa shape index (κ1) is 20.9. The number of aryl methyl sites for hydroxylation is 3. The van der Waals surface area contributed by atoms with Crippen LogP contribution in [0.4, 0.5) is 5.69 Å². The second-order valence-corrected chi connectivity index (χ2v) is 8.32. The summed E-state index contributed by atoms with van der Waals surface area (Å²) < 4.78 is 0. The maximum Gasteiger partial charge on any atom is 0.212 e. The molecule has 0 saturated carbocycles. The summed E-state index contributed by atoms with van der Waals surface area (Å²) in [5, 5.41) is 2.81. The van der Waals surface area contributed by atoms with E-state index in [2.05, 4.69) is 42.9 Å². The summed E-state index contributed by atoms with van der Waals surface area (Å²) in [4.78, 5) is 23.9. The van der Waals surface area contributed by atoms with Crippen LogP contribution in [0.3, 0.4) is 0 Å². The van der Waals surface area contributed by atoms with E-state index in [-0.39, 0.29) is 5.78 Å². The molecule has 0 radical (unpaired) electrons. The molecule has 4 nitrogen and oxygen atoms in total. The van der Waals surface area contributed by atoms with Gasteiger partial charge in [-0.15, -0.1) is 11.3 Å². The quantitative estimate of drug-likeness (QED) is 0.296. The van der Waals surface area contributed by atoms with Gasteiger partial charge in [-0.2, -0.15) is 0 Å². The van der Waals surface area contributed by atoms with Gasteiger partial charge in [0.2, 0.25) is 5.78 Å². The minimum Gasteiger partial charge on any atom is -0.366 e. The Morgan fingerprint density at radius 3 is 2.55 bits per heavy atom. The molecule has 0 bridgehead atoms. The lowest BCUT2D eigenvalue weighted by molar-refractivity contribution is 0.103. The Morgan fingerprint density at radius 1 is 1.14 bits per heavy atom. The van der Waals surface area contributed by atoms with Gasteiger partial charge < -0.3 is 4.90 Å². The van der Waals surface area contributed by atoms with Crippen molar-refractivity contribution in [1.29, 1.82) is 0 Å². The predicted molar refractivity (Wildman–Crippen MR) is 122 cm³/mol. The molecule has 0 aliphatic heterocycles. The topological polar surface area (TPSA) is 45.6 Å². The van der Waals surface area contributed by atoms with Crippen molar-refractivity contribution in [2.45, 2.75) is 34.1 Å². The van der Waals surface area contributed by atoms with E-state index in [4.69, 9.17) is 0 Å². The smallest absolute Gasteiger partial charge is 0.212 e. The van der Waals surface area contributed by atoms with Crippen molar-refractivity contribution < 1.29 is 4.79 Å². The third-order valence-corrected chi connectivity index (χ3v) is 5.84. The molecule has 0 aliphatic rings. The van der Waals surface area contributed by atoms with E-state index < -0.39 is 0 Å². The van der Waals surface area contributed by atoms with Crippen molar-refractivity contribution in [2.24, 2.45) is 4.99 Å². The van der Waals surface area contributed by atoms with Crippen LogP contribution in [0, 0.1) is 20.8 Å². The lowest BCUT2D eigenvalue weighted by Crippen LogP contribution is -2.14. The van der Waals surface area contributed by atoms with Crippen molar-refractivity contribution >= 4 is 29.1 Å². The van der Waals surface area contributed by atoms with Crippen molar-refractivity contribution in [2.75, 3.05) is 13.6 Å². The van der Waals surface area contributed by atoms with Gasteiger partial charge >= 0.3 is 0 Å².